The molecule has 5 nitrogen and oxygen atoms in total. The number of hydrogen-bond acceptors (Lipinski definition) is 4. The van der Waals surface area contributed by atoms with E-state index in [1.165, 1.54) is 17.1 Å². The SMILES string of the molecule is CCN(CC)Cc1cnc2n1CCN(Cc1cccc(C#N)c1)CC2. The first-order chi connectivity index (χ1) is 12.2. The number of fused-ring (bicyclic) bond motifs is 1. The van der Waals surface area contributed by atoms with Crippen molar-refractivity contribution in [1.82, 2.24) is 19.4 Å². The lowest BCUT2D eigenvalue weighted by Gasteiger charge is -2.21. The Morgan fingerprint density at radius 1 is 1.20 bits per heavy atom. The maximum Gasteiger partial charge on any atom is 0.110 e. The molecule has 132 valence electrons. The number of nitriles is 1. The van der Waals surface area contributed by atoms with Crippen molar-refractivity contribution in [2.24, 2.45) is 0 Å². The summed E-state index contributed by atoms with van der Waals surface area (Å²) in [6, 6.07) is 10.2. The van der Waals surface area contributed by atoms with Crippen LogP contribution in [0.15, 0.2) is 30.5 Å². The van der Waals surface area contributed by atoms with E-state index in [1.54, 1.807) is 0 Å². The largest absolute Gasteiger partial charge is 0.329 e. The van der Waals surface area contributed by atoms with Crippen LogP contribution in [0.3, 0.4) is 0 Å². The van der Waals surface area contributed by atoms with Crippen molar-refractivity contribution in [2.45, 2.75) is 39.9 Å². The van der Waals surface area contributed by atoms with Gasteiger partial charge in [-0.3, -0.25) is 9.80 Å². The molecule has 0 aliphatic carbocycles. The van der Waals surface area contributed by atoms with Gasteiger partial charge in [-0.25, -0.2) is 4.98 Å². The van der Waals surface area contributed by atoms with Gasteiger partial charge < -0.3 is 4.57 Å². The first-order valence-corrected chi connectivity index (χ1v) is 9.20. The topological polar surface area (TPSA) is 48.1 Å². The number of rotatable bonds is 6. The molecule has 0 atom stereocenters. The van der Waals surface area contributed by atoms with Crippen LogP contribution in [0, 0.1) is 11.3 Å². The summed E-state index contributed by atoms with van der Waals surface area (Å²) in [5.41, 5.74) is 3.27. The molecule has 0 amide bonds. The van der Waals surface area contributed by atoms with Crippen molar-refractivity contribution in [3.8, 4) is 6.07 Å². The fourth-order valence-corrected chi connectivity index (χ4v) is 3.50. The van der Waals surface area contributed by atoms with Crippen molar-refractivity contribution >= 4 is 0 Å². The second-order valence-electron chi connectivity index (χ2n) is 6.62. The van der Waals surface area contributed by atoms with Gasteiger partial charge in [-0.2, -0.15) is 5.26 Å². The quantitative estimate of drug-likeness (QED) is 0.813. The van der Waals surface area contributed by atoms with E-state index < -0.39 is 0 Å². The molecule has 0 saturated carbocycles. The fraction of sp³-hybridized carbons (Fsp3) is 0.500. The molecular weight excluding hydrogens is 310 g/mol. The molecule has 25 heavy (non-hydrogen) atoms. The van der Waals surface area contributed by atoms with Crippen LogP contribution in [0.2, 0.25) is 0 Å². The number of benzene rings is 1. The number of aromatic nitrogens is 2. The molecular formula is C20H27N5. The number of imidazole rings is 1. The second kappa shape index (κ2) is 8.28. The van der Waals surface area contributed by atoms with Crippen LogP contribution in [0.5, 0.6) is 0 Å². The van der Waals surface area contributed by atoms with Crippen LogP contribution in [0.1, 0.15) is 36.5 Å². The molecule has 0 radical (unpaired) electrons. The van der Waals surface area contributed by atoms with E-state index in [2.05, 4.69) is 51.5 Å². The lowest BCUT2D eigenvalue weighted by Crippen LogP contribution is -2.27. The first-order valence-electron chi connectivity index (χ1n) is 9.20. The van der Waals surface area contributed by atoms with Crippen molar-refractivity contribution in [3.63, 3.8) is 0 Å². The molecule has 1 aromatic carbocycles. The van der Waals surface area contributed by atoms with Crippen molar-refractivity contribution in [3.05, 3.63) is 53.1 Å². The maximum atomic E-state index is 9.07. The van der Waals surface area contributed by atoms with Crippen molar-refractivity contribution in [1.29, 1.82) is 5.26 Å². The highest BCUT2D eigenvalue weighted by atomic mass is 15.2. The van der Waals surface area contributed by atoms with E-state index in [4.69, 9.17) is 5.26 Å². The van der Waals surface area contributed by atoms with Gasteiger partial charge in [0.1, 0.15) is 5.82 Å². The lowest BCUT2D eigenvalue weighted by molar-refractivity contribution is 0.264. The summed E-state index contributed by atoms with van der Waals surface area (Å²) in [5, 5.41) is 9.07. The van der Waals surface area contributed by atoms with E-state index >= 15 is 0 Å². The van der Waals surface area contributed by atoms with Crippen LogP contribution >= 0.6 is 0 Å². The Kier molecular flexibility index (Phi) is 5.85. The van der Waals surface area contributed by atoms with Gasteiger partial charge in [0.15, 0.2) is 0 Å². The smallest absolute Gasteiger partial charge is 0.110 e. The normalized spacial score (nSPS) is 15.0. The monoisotopic (exact) mass is 337 g/mol. The minimum Gasteiger partial charge on any atom is -0.329 e. The van der Waals surface area contributed by atoms with Gasteiger partial charge in [-0.1, -0.05) is 26.0 Å². The third kappa shape index (κ3) is 4.28. The van der Waals surface area contributed by atoms with Gasteiger partial charge in [0.25, 0.3) is 0 Å². The van der Waals surface area contributed by atoms with Gasteiger partial charge in [0.05, 0.1) is 17.3 Å². The van der Waals surface area contributed by atoms with E-state index in [1.807, 2.05) is 18.2 Å². The van der Waals surface area contributed by atoms with E-state index in [0.717, 1.165) is 57.8 Å². The average Bonchev–Trinajstić information content (AvgIpc) is 2.92. The predicted octanol–water partition coefficient (Wildman–Crippen LogP) is 2.65. The van der Waals surface area contributed by atoms with E-state index in [-0.39, 0.29) is 0 Å². The minimum absolute atomic E-state index is 0.738. The van der Waals surface area contributed by atoms with Crippen LogP contribution in [0.4, 0.5) is 0 Å². The minimum atomic E-state index is 0.738. The summed E-state index contributed by atoms with van der Waals surface area (Å²) in [6.45, 7) is 11.4. The Morgan fingerprint density at radius 3 is 2.80 bits per heavy atom. The Bertz CT molecular complexity index is 739. The predicted molar refractivity (Wildman–Crippen MR) is 99.0 cm³/mol. The molecule has 1 aromatic heterocycles. The highest BCUT2D eigenvalue weighted by molar-refractivity contribution is 5.32. The zero-order valence-corrected chi connectivity index (χ0v) is 15.3. The third-order valence-corrected chi connectivity index (χ3v) is 5.05. The Morgan fingerprint density at radius 2 is 2.04 bits per heavy atom. The molecule has 1 aliphatic heterocycles. The molecule has 5 heteroatoms. The van der Waals surface area contributed by atoms with Gasteiger partial charge >= 0.3 is 0 Å². The summed E-state index contributed by atoms with van der Waals surface area (Å²) < 4.78 is 2.41. The summed E-state index contributed by atoms with van der Waals surface area (Å²) >= 11 is 0. The number of nitrogens with zero attached hydrogens (tertiary/aromatic N) is 5. The van der Waals surface area contributed by atoms with Crippen molar-refractivity contribution in [2.75, 3.05) is 26.2 Å². The van der Waals surface area contributed by atoms with Crippen LogP contribution < -0.4 is 0 Å². The van der Waals surface area contributed by atoms with Crippen molar-refractivity contribution < 1.29 is 0 Å². The summed E-state index contributed by atoms with van der Waals surface area (Å²) in [7, 11) is 0. The maximum absolute atomic E-state index is 9.07. The van der Waals surface area contributed by atoms with E-state index in [9.17, 15) is 0 Å². The van der Waals surface area contributed by atoms with E-state index in [0.29, 0.717) is 0 Å². The van der Waals surface area contributed by atoms with Crippen LogP contribution in [-0.4, -0.2) is 45.5 Å². The molecule has 3 rings (SSSR count). The Hall–Kier alpha value is -2.16. The average molecular weight is 337 g/mol. The van der Waals surface area contributed by atoms with Crippen LogP contribution in [0.25, 0.3) is 0 Å². The van der Waals surface area contributed by atoms with Gasteiger partial charge in [0, 0.05) is 45.3 Å². The van der Waals surface area contributed by atoms with Crippen LogP contribution in [-0.2, 0) is 26.1 Å². The third-order valence-electron chi connectivity index (χ3n) is 5.05. The molecule has 0 unspecified atom stereocenters. The molecule has 0 fully saturated rings. The molecule has 0 bridgehead atoms. The molecule has 1 aliphatic rings. The zero-order chi connectivity index (χ0) is 17.6. The van der Waals surface area contributed by atoms with Gasteiger partial charge in [-0.05, 0) is 30.8 Å². The Balaban J connectivity index is 1.66. The molecule has 2 aromatic rings. The molecule has 0 N–H and O–H groups in total. The number of hydrogen-bond donors (Lipinski definition) is 0. The summed E-state index contributed by atoms with van der Waals surface area (Å²) in [6.07, 6.45) is 3.04. The Labute approximate surface area is 150 Å². The summed E-state index contributed by atoms with van der Waals surface area (Å²) in [4.78, 5) is 9.57. The molecule has 0 spiro atoms. The summed E-state index contributed by atoms with van der Waals surface area (Å²) in [5.74, 6) is 1.20. The molecule has 0 saturated heterocycles. The van der Waals surface area contributed by atoms with Gasteiger partial charge in [0.2, 0.25) is 0 Å². The highest BCUT2D eigenvalue weighted by Crippen LogP contribution is 2.16. The molecule has 2 heterocycles. The highest BCUT2D eigenvalue weighted by Gasteiger charge is 2.18. The fourth-order valence-electron chi connectivity index (χ4n) is 3.50. The van der Waals surface area contributed by atoms with Gasteiger partial charge in [-0.15, -0.1) is 0 Å². The standard InChI is InChI=1S/C20H27N5/c1-3-23(4-2)16-19-14-22-20-8-9-24(10-11-25(19)20)15-18-7-5-6-17(12-18)13-21/h5-7,12,14H,3-4,8-11,15-16H2,1-2H3. The second-order valence-corrected chi connectivity index (χ2v) is 6.62. The zero-order valence-electron chi connectivity index (χ0n) is 15.3. The lowest BCUT2D eigenvalue weighted by atomic mass is 10.1. The first kappa shape index (κ1) is 17.7.